The van der Waals surface area contributed by atoms with Crippen molar-refractivity contribution in [1.82, 2.24) is 4.31 Å². The molecule has 1 saturated heterocycles. The van der Waals surface area contributed by atoms with Crippen LogP contribution in [0.25, 0.3) is 0 Å². The maximum Gasteiger partial charge on any atom is 0.338 e. The van der Waals surface area contributed by atoms with Gasteiger partial charge in [-0.25, -0.2) is 17.6 Å². The fraction of sp³-hybridized carbons (Fsp3) is 0.333. The monoisotopic (exact) mass is 468 g/mol. The summed E-state index contributed by atoms with van der Waals surface area (Å²) in [6.07, 6.45) is 0.696. The number of rotatable bonds is 6. The molecule has 2 aromatic carbocycles. The first-order valence-corrected chi connectivity index (χ1v) is 11.6. The molecule has 1 aliphatic heterocycles. The van der Waals surface area contributed by atoms with Crippen LogP contribution in [0.3, 0.4) is 0 Å². The summed E-state index contributed by atoms with van der Waals surface area (Å²) in [5, 5.41) is 2.60. The highest BCUT2D eigenvalue weighted by Gasteiger charge is 2.32. The van der Waals surface area contributed by atoms with Crippen LogP contribution in [-0.2, 0) is 19.6 Å². The molecule has 0 bridgehead atoms. The Labute approximate surface area is 185 Å². The number of nitrogens with one attached hydrogen (secondary N) is 1. The van der Waals surface area contributed by atoms with Gasteiger partial charge in [0.1, 0.15) is 5.82 Å². The first-order chi connectivity index (χ1) is 14.7. The van der Waals surface area contributed by atoms with Gasteiger partial charge >= 0.3 is 5.97 Å². The summed E-state index contributed by atoms with van der Waals surface area (Å²) in [4.78, 5) is 24.3. The van der Waals surface area contributed by atoms with Gasteiger partial charge in [-0.1, -0.05) is 11.6 Å². The molecule has 1 amide bonds. The summed E-state index contributed by atoms with van der Waals surface area (Å²) in [6.45, 7) is 2.29. The fourth-order valence-corrected chi connectivity index (χ4v) is 4.95. The minimum Gasteiger partial charge on any atom is -0.462 e. The van der Waals surface area contributed by atoms with Crippen molar-refractivity contribution in [3.63, 3.8) is 0 Å². The molecule has 0 unspecified atom stereocenters. The van der Waals surface area contributed by atoms with Crippen LogP contribution in [0.5, 0.6) is 0 Å². The second-order valence-electron chi connectivity index (χ2n) is 7.04. The zero-order valence-corrected chi connectivity index (χ0v) is 18.4. The average Bonchev–Trinajstić information content (AvgIpc) is 2.76. The summed E-state index contributed by atoms with van der Waals surface area (Å²) >= 11 is 5.73. The van der Waals surface area contributed by atoms with Crippen LogP contribution < -0.4 is 5.32 Å². The molecule has 1 aliphatic rings. The van der Waals surface area contributed by atoms with Crippen LogP contribution in [0.1, 0.15) is 30.1 Å². The van der Waals surface area contributed by atoms with E-state index < -0.39 is 21.8 Å². The van der Waals surface area contributed by atoms with Crippen molar-refractivity contribution in [1.29, 1.82) is 0 Å². The second kappa shape index (κ2) is 9.76. The number of amides is 1. The number of ether oxygens (including phenoxy) is 1. The number of anilines is 1. The molecule has 0 spiro atoms. The molecular weight excluding hydrogens is 447 g/mol. The molecule has 10 heteroatoms. The maximum absolute atomic E-state index is 13.3. The Bertz CT molecular complexity index is 1070. The second-order valence-corrected chi connectivity index (χ2v) is 9.39. The van der Waals surface area contributed by atoms with Crippen LogP contribution in [0.2, 0.25) is 5.02 Å². The number of hydrogen-bond donors (Lipinski definition) is 1. The number of piperidine rings is 1. The molecule has 0 radical (unpaired) electrons. The lowest BCUT2D eigenvalue weighted by Crippen LogP contribution is -2.41. The highest BCUT2D eigenvalue weighted by Crippen LogP contribution is 2.26. The third kappa shape index (κ3) is 5.41. The Hall–Kier alpha value is -2.49. The fourth-order valence-electron chi connectivity index (χ4n) is 3.30. The first-order valence-electron chi connectivity index (χ1n) is 9.75. The predicted molar refractivity (Wildman–Crippen MR) is 114 cm³/mol. The van der Waals surface area contributed by atoms with E-state index in [1.54, 1.807) is 6.92 Å². The van der Waals surface area contributed by atoms with Gasteiger partial charge in [-0.3, -0.25) is 4.79 Å². The molecule has 3 rings (SSSR count). The van der Waals surface area contributed by atoms with Gasteiger partial charge < -0.3 is 10.1 Å². The number of carbonyl (C=O) groups is 2. The standard InChI is InChI=1S/C21H22ClFN2O5S/c1-2-30-21(27)15-3-6-17(7-4-15)31(28,29)25-11-9-14(10-12-25)20(26)24-16-5-8-19(23)18(22)13-16/h3-8,13-14H,2,9-12H2,1H3,(H,24,26). The van der Waals surface area contributed by atoms with E-state index >= 15 is 0 Å². The smallest absolute Gasteiger partial charge is 0.338 e. The molecule has 0 atom stereocenters. The van der Waals surface area contributed by atoms with Crippen molar-refractivity contribution in [2.45, 2.75) is 24.7 Å². The normalized spacial score (nSPS) is 15.5. The van der Waals surface area contributed by atoms with Gasteiger partial charge in [0.05, 0.1) is 22.1 Å². The summed E-state index contributed by atoms with van der Waals surface area (Å²) in [6, 6.07) is 9.49. The van der Waals surface area contributed by atoms with Crippen molar-refractivity contribution < 1.29 is 27.1 Å². The molecule has 1 N–H and O–H groups in total. The van der Waals surface area contributed by atoms with E-state index in [0.717, 1.165) is 0 Å². The van der Waals surface area contributed by atoms with E-state index in [2.05, 4.69) is 5.32 Å². The summed E-state index contributed by atoms with van der Waals surface area (Å²) in [5.74, 6) is -1.73. The SMILES string of the molecule is CCOC(=O)c1ccc(S(=O)(=O)N2CCC(C(=O)Nc3ccc(F)c(Cl)c3)CC2)cc1. The maximum atomic E-state index is 13.3. The molecule has 2 aromatic rings. The number of hydrogen-bond acceptors (Lipinski definition) is 5. The highest BCUT2D eigenvalue weighted by atomic mass is 35.5. The van der Waals surface area contributed by atoms with Crippen LogP contribution in [0, 0.1) is 11.7 Å². The van der Waals surface area contributed by atoms with E-state index in [4.69, 9.17) is 16.3 Å². The van der Waals surface area contributed by atoms with E-state index in [1.807, 2.05) is 0 Å². The molecule has 0 aromatic heterocycles. The van der Waals surface area contributed by atoms with Gasteiger partial charge in [-0.05, 0) is 62.2 Å². The lowest BCUT2D eigenvalue weighted by Gasteiger charge is -2.30. The Morgan fingerprint density at radius 3 is 2.39 bits per heavy atom. The Morgan fingerprint density at radius 2 is 1.81 bits per heavy atom. The van der Waals surface area contributed by atoms with Crippen molar-refractivity contribution in [2.75, 3.05) is 25.0 Å². The number of nitrogens with zero attached hydrogens (tertiary/aromatic N) is 1. The zero-order valence-electron chi connectivity index (χ0n) is 16.8. The molecular formula is C21H22ClFN2O5S. The minimum atomic E-state index is -3.74. The third-order valence-electron chi connectivity index (χ3n) is 5.02. The topological polar surface area (TPSA) is 92.8 Å². The molecule has 7 nitrogen and oxygen atoms in total. The van der Waals surface area contributed by atoms with E-state index in [-0.39, 0.29) is 47.0 Å². The van der Waals surface area contributed by atoms with E-state index in [9.17, 15) is 22.4 Å². The molecule has 166 valence electrons. The van der Waals surface area contributed by atoms with Gasteiger partial charge in [-0.15, -0.1) is 0 Å². The molecule has 0 aliphatic carbocycles. The Morgan fingerprint density at radius 1 is 1.16 bits per heavy atom. The number of benzene rings is 2. The highest BCUT2D eigenvalue weighted by molar-refractivity contribution is 7.89. The van der Waals surface area contributed by atoms with Crippen molar-refractivity contribution in [3.8, 4) is 0 Å². The molecule has 1 heterocycles. The number of halogens is 2. The molecule has 0 saturated carbocycles. The lowest BCUT2D eigenvalue weighted by molar-refractivity contribution is -0.120. The van der Waals surface area contributed by atoms with E-state index in [1.165, 1.54) is 46.8 Å². The van der Waals surface area contributed by atoms with Gasteiger partial charge in [0, 0.05) is 24.7 Å². The van der Waals surface area contributed by atoms with E-state index in [0.29, 0.717) is 18.5 Å². The zero-order chi connectivity index (χ0) is 22.6. The lowest BCUT2D eigenvalue weighted by atomic mass is 9.97. The first kappa shape index (κ1) is 23.2. The largest absolute Gasteiger partial charge is 0.462 e. The van der Waals surface area contributed by atoms with Crippen molar-refractivity contribution in [3.05, 3.63) is 58.9 Å². The van der Waals surface area contributed by atoms with Crippen LogP contribution >= 0.6 is 11.6 Å². The summed E-state index contributed by atoms with van der Waals surface area (Å²) in [5.41, 5.74) is 0.658. The minimum absolute atomic E-state index is 0.0735. The van der Waals surface area contributed by atoms with Crippen LogP contribution in [-0.4, -0.2) is 44.3 Å². The molecule has 1 fully saturated rings. The number of sulfonamides is 1. The van der Waals surface area contributed by atoms with Gasteiger partial charge in [0.25, 0.3) is 0 Å². The van der Waals surface area contributed by atoms with Gasteiger partial charge in [0.15, 0.2) is 0 Å². The Kier molecular flexibility index (Phi) is 7.30. The van der Waals surface area contributed by atoms with Crippen molar-refractivity contribution in [2.24, 2.45) is 5.92 Å². The predicted octanol–water partition coefficient (Wildman–Crippen LogP) is 3.70. The number of carbonyl (C=O) groups excluding carboxylic acids is 2. The average molecular weight is 469 g/mol. The third-order valence-corrected chi connectivity index (χ3v) is 7.22. The Balaban J connectivity index is 1.60. The van der Waals surface area contributed by atoms with Gasteiger partial charge in [0.2, 0.25) is 15.9 Å². The quantitative estimate of drug-likeness (QED) is 0.652. The summed E-state index contributed by atoms with van der Waals surface area (Å²) < 4.78 is 45.3. The number of esters is 1. The van der Waals surface area contributed by atoms with Crippen LogP contribution in [0.15, 0.2) is 47.4 Å². The van der Waals surface area contributed by atoms with Crippen LogP contribution in [0.4, 0.5) is 10.1 Å². The van der Waals surface area contributed by atoms with Crippen molar-refractivity contribution >= 4 is 39.2 Å². The summed E-state index contributed by atoms with van der Waals surface area (Å²) in [7, 11) is -3.74. The van der Waals surface area contributed by atoms with Gasteiger partial charge in [-0.2, -0.15) is 4.31 Å². The molecule has 31 heavy (non-hydrogen) atoms.